The molecule has 0 aliphatic rings. The second kappa shape index (κ2) is 71.2. The van der Waals surface area contributed by atoms with Gasteiger partial charge in [0.2, 0.25) is 0 Å². The average molecular weight is 1300 g/mol. The van der Waals surface area contributed by atoms with Gasteiger partial charge in [-0.25, -0.2) is 0 Å². The minimum atomic E-state index is -4.65. The van der Waals surface area contributed by atoms with Crippen LogP contribution in [0.4, 0.5) is 0 Å². The highest BCUT2D eigenvalue weighted by Crippen LogP contribution is 2.38. The fourth-order valence-corrected chi connectivity index (χ4v) is 10.9. The number of likely N-dealkylation sites (N-methyl/N-ethyl adjacent to an activating group) is 1. The fraction of sp³-hybridized carbons (Fsp3) is 0.683. The maximum absolute atomic E-state index is 12.9. The minimum Gasteiger partial charge on any atom is -0.756 e. The maximum Gasteiger partial charge on any atom is 0.306 e. The summed E-state index contributed by atoms with van der Waals surface area (Å²) in [6.45, 7) is 4.13. The molecular formula is C82H140NO8P. The van der Waals surface area contributed by atoms with E-state index < -0.39 is 26.5 Å². The number of phosphoric ester groups is 1. The lowest BCUT2D eigenvalue weighted by Gasteiger charge is -2.28. The number of phosphoric acid groups is 1. The molecule has 0 aromatic carbocycles. The molecule has 0 amide bonds. The van der Waals surface area contributed by atoms with Gasteiger partial charge in [0, 0.05) is 12.8 Å². The molecule has 0 aliphatic carbocycles. The maximum atomic E-state index is 12.9. The molecule has 0 N–H and O–H groups in total. The zero-order valence-electron chi connectivity index (χ0n) is 59.9. The van der Waals surface area contributed by atoms with E-state index in [1.165, 1.54) is 167 Å². The lowest BCUT2D eigenvalue weighted by atomic mass is 10.0. The van der Waals surface area contributed by atoms with Gasteiger partial charge in [0.1, 0.15) is 19.8 Å². The van der Waals surface area contributed by atoms with E-state index >= 15 is 0 Å². The summed E-state index contributed by atoms with van der Waals surface area (Å²) in [5.41, 5.74) is 0. The standard InChI is InChI=1S/C82H140NO8P/c1-6-8-10-12-14-16-18-20-22-24-26-28-30-32-34-35-36-37-38-39-40-41-42-43-44-45-46-47-49-51-53-55-57-59-61-63-65-67-69-71-73-75-82(85)91-80(79-90-92(86,87)89-77-76-83(3,4)5)78-88-81(84)74-72-70-68-66-64-62-60-58-56-54-52-50-48-33-31-29-27-25-23-21-19-17-15-13-11-9-7-2/h8,10,14,16,19-22,25-28,31-34,36-37,39-40,42-43,45-46,80H,6-7,9,11-13,15,17-18,23-24,29-30,35,38,41,44,47-79H2,1-5H3/b10-8-,16-14-,21-19-,22-20-,27-25-,28-26-,33-31-,34-32-,37-36-,40-39-,43-42-,46-45-. The third kappa shape index (κ3) is 74.9. The van der Waals surface area contributed by atoms with Crippen molar-refractivity contribution in [2.45, 2.75) is 315 Å². The second-order valence-corrected chi connectivity index (χ2v) is 27.3. The predicted molar refractivity (Wildman–Crippen MR) is 397 cm³/mol. The van der Waals surface area contributed by atoms with Crippen molar-refractivity contribution in [2.24, 2.45) is 0 Å². The van der Waals surface area contributed by atoms with Crippen LogP contribution in [0.1, 0.15) is 309 Å². The van der Waals surface area contributed by atoms with Gasteiger partial charge in [0.25, 0.3) is 7.82 Å². The zero-order valence-corrected chi connectivity index (χ0v) is 60.8. The number of carbonyl (C=O) groups is 2. The molecule has 2 atom stereocenters. The van der Waals surface area contributed by atoms with E-state index in [4.69, 9.17) is 18.5 Å². The molecule has 0 fully saturated rings. The van der Waals surface area contributed by atoms with Gasteiger partial charge in [-0.15, -0.1) is 0 Å². The molecule has 0 rings (SSSR count). The molecule has 0 radical (unpaired) electrons. The third-order valence-electron chi connectivity index (χ3n) is 15.8. The molecular weight excluding hydrogens is 1160 g/mol. The first kappa shape index (κ1) is 87.9. The van der Waals surface area contributed by atoms with Crippen LogP contribution in [0.15, 0.2) is 146 Å². The van der Waals surface area contributed by atoms with E-state index in [0.29, 0.717) is 17.4 Å². The Balaban J connectivity index is 4.05. The van der Waals surface area contributed by atoms with Crippen molar-refractivity contribution in [3.63, 3.8) is 0 Å². The first-order valence-corrected chi connectivity index (χ1v) is 39.0. The summed E-state index contributed by atoms with van der Waals surface area (Å²) in [4.78, 5) is 38.1. The van der Waals surface area contributed by atoms with Gasteiger partial charge >= 0.3 is 11.9 Å². The lowest BCUT2D eigenvalue weighted by Crippen LogP contribution is -2.37. The van der Waals surface area contributed by atoms with Crippen molar-refractivity contribution in [1.82, 2.24) is 0 Å². The summed E-state index contributed by atoms with van der Waals surface area (Å²) in [5.74, 6) is -0.835. The van der Waals surface area contributed by atoms with Crippen LogP contribution in [-0.2, 0) is 32.7 Å². The third-order valence-corrected chi connectivity index (χ3v) is 16.8. The van der Waals surface area contributed by atoms with Crippen LogP contribution in [0.5, 0.6) is 0 Å². The number of allylic oxidation sites excluding steroid dienone is 24. The molecule has 0 saturated carbocycles. The number of quaternary nitrogens is 1. The minimum absolute atomic E-state index is 0.0365. The first-order valence-electron chi connectivity index (χ1n) is 37.5. The van der Waals surface area contributed by atoms with Gasteiger partial charge in [-0.05, 0) is 122 Å². The molecule has 0 bridgehead atoms. The number of esters is 2. The Bertz CT molecular complexity index is 2070. The van der Waals surface area contributed by atoms with Crippen molar-refractivity contribution in [1.29, 1.82) is 0 Å². The van der Waals surface area contributed by atoms with Crippen molar-refractivity contribution in [2.75, 3.05) is 47.5 Å². The summed E-state index contributed by atoms with van der Waals surface area (Å²) < 4.78 is 34.4. The average Bonchev–Trinajstić information content (AvgIpc) is 2.23. The van der Waals surface area contributed by atoms with Crippen molar-refractivity contribution >= 4 is 19.8 Å². The highest BCUT2D eigenvalue weighted by atomic mass is 31.2. The van der Waals surface area contributed by atoms with Crippen LogP contribution >= 0.6 is 7.82 Å². The Labute approximate surface area is 567 Å². The number of unbranched alkanes of at least 4 members (excludes halogenated alkanes) is 30. The normalized spacial score (nSPS) is 13.9. The summed E-state index contributed by atoms with van der Waals surface area (Å²) in [7, 11) is 1.16. The molecule has 2 unspecified atom stereocenters. The zero-order chi connectivity index (χ0) is 66.9. The first-order chi connectivity index (χ1) is 45.0. The smallest absolute Gasteiger partial charge is 0.306 e. The predicted octanol–water partition coefficient (Wildman–Crippen LogP) is 24.3. The number of rotatable bonds is 68. The van der Waals surface area contributed by atoms with Gasteiger partial charge in [0.05, 0.1) is 27.7 Å². The van der Waals surface area contributed by atoms with Crippen molar-refractivity contribution < 1.29 is 42.1 Å². The number of carbonyl (C=O) groups excluding carboxylic acids is 2. The number of ether oxygens (including phenoxy) is 2. The Hall–Kier alpha value is -4.11. The van der Waals surface area contributed by atoms with Gasteiger partial charge in [-0.1, -0.05) is 320 Å². The molecule has 0 spiro atoms. The number of hydrogen-bond acceptors (Lipinski definition) is 8. The molecule has 0 aromatic heterocycles. The SMILES string of the molecule is CC/C=C\C/C=C\C/C=C\C/C=C\C/C=C\C/C=C\C/C=C\C/C=C\C/C=C\CCCCCCCCCCCCCCCC(=O)OC(COC(=O)CCCCCCCCCCCCCC/C=C\C/C=C\C/C=C\CCCCCCC)COP(=O)([O-])OCC[N+](C)(C)C. The quantitative estimate of drug-likeness (QED) is 0.0195. The largest absolute Gasteiger partial charge is 0.756 e. The molecule has 10 heteroatoms. The van der Waals surface area contributed by atoms with Crippen LogP contribution in [-0.4, -0.2) is 70.0 Å². The van der Waals surface area contributed by atoms with Crippen LogP contribution < -0.4 is 4.89 Å². The summed E-state index contributed by atoms with van der Waals surface area (Å²) in [5, 5.41) is 0. The highest BCUT2D eigenvalue weighted by Gasteiger charge is 2.22. The Morgan fingerprint density at radius 3 is 0.924 bits per heavy atom. The Kier molecular flexibility index (Phi) is 68.0. The lowest BCUT2D eigenvalue weighted by molar-refractivity contribution is -0.870. The van der Waals surface area contributed by atoms with E-state index in [2.05, 4.69) is 160 Å². The Morgan fingerprint density at radius 2 is 0.620 bits per heavy atom. The Morgan fingerprint density at radius 1 is 0.348 bits per heavy atom. The van der Waals surface area contributed by atoms with Gasteiger partial charge in [-0.3, -0.25) is 14.2 Å². The van der Waals surface area contributed by atoms with E-state index in [-0.39, 0.29) is 32.0 Å². The van der Waals surface area contributed by atoms with Crippen LogP contribution in [0.3, 0.4) is 0 Å². The van der Waals surface area contributed by atoms with Crippen molar-refractivity contribution in [3.05, 3.63) is 146 Å². The summed E-state index contributed by atoms with van der Waals surface area (Å²) in [6.07, 6.45) is 105. The number of nitrogens with zero attached hydrogens (tertiary/aromatic N) is 1. The topological polar surface area (TPSA) is 111 Å². The number of hydrogen-bond donors (Lipinski definition) is 0. The fourth-order valence-electron chi connectivity index (χ4n) is 10.1. The molecule has 0 aliphatic heterocycles. The van der Waals surface area contributed by atoms with Crippen LogP contribution in [0.25, 0.3) is 0 Å². The molecule has 0 aromatic rings. The molecule has 92 heavy (non-hydrogen) atoms. The highest BCUT2D eigenvalue weighted by molar-refractivity contribution is 7.45. The van der Waals surface area contributed by atoms with Crippen LogP contribution in [0, 0.1) is 0 Å². The van der Waals surface area contributed by atoms with Gasteiger partial charge in [-0.2, -0.15) is 0 Å². The van der Waals surface area contributed by atoms with Crippen LogP contribution in [0.2, 0.25) is 0 Å². The van der Waals surface area contributed by atoms with E-state index in [9.17, 15) is 19.0 Å². The van der Waals surface area contributed by atoms with Gasteiger partial charge < -0.3 is 27.9 Å². The molecule has 0 saturated heterocycles. The monoisotopic (exact) mass is 1300 g/mol. The molecule has 526 valence electrons. The van der Waals surface area contributed by atoms with E-state index in [0.717, 1.165) is 109 Å². The molecule has 0 heterocycles. The van der Waals surface area contributed by atoms with Gasteiger partial charge in [0.15, 0.2) is 6.10 Å². The summed E-state index contributed by atoms with van der Waals surface area (Å²) >= 11 is 0. The summed E-state index contributed by atoms with van der Waals surface area (Å²) in [6, 6.07) is 0. The molecule has 9 nitrogen and oxygen atoms in total. The van der Waals surface area contributed by atoms with Crippen molar-refractivity contribution in [3.8, 4) is 0 Å². The second-order valence-electron chi connectivity index (χ2n) is 25.9. The van der Waals surface area contributed by atoms with E-state index in [1.54, 1.807) is 0 Å². The van der Waals surface area contributed by atoms with E-state index in [1.807, 2.05) is 21.1 Å².